The van der Waals surface area contributed by atoms with Gasteiger partial charge in [-0.05, 0) is 43.4 Å². The second kappa shape index (κ2) is 7.64. The van der Waals surface area contributed by atoms with Crippen LogP contribution in [0.3, 0.4) is 0 Å². The number of anilines is 1. The Labute approximate surface area is 147 Å². The summed E-state index contributed by atoms with van der Waals surface area (Å²) in [5.74, 6) is 1.49. The third-order valence-electron chi connectivity index (χ3n) is 4.15. The maximum atomic E-state index is 6.06. The molecule has 126 valence electrons. The highest BCUT2D eigenvalue weighted by atomic mass is 35.5. The van der Waals surface area contributed by atoms with Crippen LogP contribution in [0.5, 0.6) is 0 Å². The molecule has 24 heavy (non-hydrogen) atoms. The third-order valence-corrected chi connectivity index (χ3v) is 4.38. The second-order valence-corrected chi connectivity index (χ2v) is 6.02. The maximum absolute atomic E-state index is 6.06. The van der Waals surface area contributed by atoms with E-state index in [9.17, 15) is 0 Å². The van der Waals surface area contributed by atoms with Crippen molar-refractivity contribution in [3.8, 4) is 5.82 Å². The quantitative estimate of drug-likeness (QED) is 0.708. The third kappa shape index (κ3) is 3.68. The van der Waals surface area contributed by atoms with Gasteiger partial charge in [0.25, 0.3) is 0 Å². The SMILES string of the molecule is CCN(CC)CCNc1nccc(-n2ccc3cc(Cl)ccc32)n1. The van der Waals surface area contributed by atoms with E-state index in [1.807, 2.05) is 41.1 Å². The van der Waals surface area contributed by atoms with Crippen LogP contribution in [0.25, 0.3) is 16.7 Å². The summed E-state index contributed by atoms with van der Waals surface area (Å²) >= 11 is 6.06. The molecule has 0 amide bonds. The first kappa shape index (κ1) is 16.7. The molecular formula is C18H22ClN5. The molecule has 3 aromatic rings. The van der Waals surface area contributed by atoms with Crippen LogP contribution >= 0.6 is 11.6 Å². The Morgan fingerprint density at radius 1 is 1.17 bits per heavy atom. The van der Waals surface area contributed by atoms with Crippen molar-refractivity contribution in [1.29, 1.82) is 0 Å². The summed E-state index contributed by atoms with van der Waals surface area (Å²) in [6, 6.07) is 9.80. The molecule has 0 aliphatic carbocycles. The summed E-state index contributed by atoms with van der Waals surface area (Å²) in [5.41, 5.74) is 1.08. The van der Waals surface area contributed by atoms with Crippen LogP contribution in [-0.2, 0) is 0 Å². The van der Waals surface area contributed by atoms with Crippen molar-refractivity contribution in [1.82, 2.24) is 19.4 Å². The average Bonchev–Trinajstić information content (AvgIpc) is 3.02. The van der Waals surface area contributed by atoms with E-state index in [0.29, 0.717) is 5.95 Å². The van der Waals surface area contributed by atoms with Gasteiger partial charge in [0.2, 0.25) is 5.95 Å². The van der Waals surface area contributed by atoms with Crippen molar-refractivity contribution in [2.24, 2.45) is 0 Å². The largest absolute Gasteiger partial charge is 0.353 e. The number of hydrogen-bond acceptors (Lipinski definition) is 4. The van der Waals surface area contributed by atoms with Crippen LogP contribution in [0.4, 0.5) is 5.95 Å². The van der Waals surface area contributed by atoms with Gasteiger partial charge in [0, 0.05) is 35.9 Å². The predicted octanol–water partition coefficient (Wildman–Crippen LogP) is 3.83. The number of aromatic nitrogens is 3. The Bertz CT molecular complexity index is 810. The fourth-order valence-electron chi connectivity index (χ4n) is 2.75. The number of benzene rings is 1. The van der Waals surface area contributed by atoms with E-state index in [2.05, 4.69) is 34.0 Å². The average molecular weight is 344 g/mol. The summed E-state index contributed by atoms with van der Waals surface area (Å²) in [4.78, 5) is 11.3. The van der Waals surface area contributed by atoms with Crippen LogP contribution in [0, 0.1) is 0 Å². The smallest absolute Gasteiger partial charge is 0.224 e. The van der Waals surface area contributed by atoms with E-state index in [0.717, 1.165) is 47.9 Å². The van der Waals surface area contributed by atoms with Gasteiger partial charge in [-0.2, -0.15) is 4.98 Å². The normalized spacial score (nSPS) is 11.3. The highest BCUT2D eigenvalue weighted by Gasteiger charge is 2.06. The van der Waals surface area contributed by atoms with Crippen molar-refractivity contribution >= 4 is 28.5 Å². The topological polar surface area (TPSA) is 46.0 Å². The molecule has 0 aliphatic heterocycles. The van der Waals surface area contributed by atoms with Gasteiger partial charge in [-0.1, -0.05) is 25.4 Å². The molecule has 0 spiro atoms. The molecule has 1 N–H and O–H groups in total. The lowest BCUT2D eigenvalue weighted by Crippen LogP contribution is -2.29. The van der Waals surface area contributed by atoms with Crippen LogP contribution in [0.1, 0.15) is 13.8 Å². The standard InChI is InChI=1S/C18H22ClN5/c1-3-23(4-2)12-10-21-18-20-9-7-17(22-18)24-11-8-14-13-15(19)5-6-16(14)24/h5-9,11,13H,3-4,10,12H2,1-2H3,(H,20,21,22). The van der Waals surface area contributed by atoms with Crippen molar-refractivity contribution in [3.63, 3.8) is 0 Å². The molecule has 0 fully saturated rings. The molecular weight excluding hydrogens is 322 g/mol. The zero-order chi connectivity index (χ0) is 16.9. The molecule has 0 saturated heterocycles. The zero-order valence-electron chi connectivity index (χ0n) is 14.0. The summed E-state index contributed by atoms with van der Waals surface area (Å²) < 4.78 is 2.04. The second-order valence-electron chi connectivity index (χ2n) is 5.58. The van der Waals surface area contributed by atoms with E-state index in [1.54, 1.807) is 6.20 Å². The van der Waals surface area contributed by atoms with Crippen LogP contribution in [0.2, 0.25) is 5.02 Å². The first-order valence-corrected chi connectivity index (χ1v) is 8.65. The van der Waals surface area contributed by atoms with Crippen molar-refractivity contribution in [2.75, 3.05) is 31.5 Å². The van der Waals surface area contributed by atoms with Crippen LogP contribution < -0.4 is 5.32 Å². The van der Waals surface area contributed by atoms with Crippen LogP contribution in [0.15, 0.2) is 42.7 Å². The Morgan fingerprint density at radius 2 is 2.00 bits per heavy atom. The molecule has 6 heteroatoms. The molecule has 0 bridgehead atoms. The van der Waals surface area contributed by atoms with Gasteiger partial charge in [0.15, 0.2) is 0 Å². The minimum atomic E-state index is 0.649. The minimum absolute atomic E-state index is 0.649. The number of nitrogens with zero attached hydrogens (tertiary/aromatic N) is 4. The lowest BCUT2D eigenvalue weighted by molar-refractivity contribution is 0.316. The van der Waals surface area contributed by atoms with Gasteiger partial charge in [0.05, 0.1) is 5.52 Å². The number of halogens is 1. The van der Waals surface area contributed by atoms with Crippen molar-refractivity contribution < 1.29 is 0 Å². The monoisotopic (exact) mass is 343 g/mol. The first-order chi connectivity index (χ1) is 11.7. The molecule has 5 nitrogen and oxygen atoms in total. The van der Waals surface area contributed by atoms with E-state index in [4.69, 9.17) is 11.6 Å². The molecule has 0 radical (unpaired) electrons. The van der Waals surface area contributed by atoms with E-state index >= 15 is 0 Å². The Hall–Kier alpha value is -2.11. The molecule has 0 unspecified atom stereocenters. The Morgan fingerprint density at radius 3 is 2.79 bits per heavy atom. The fourth-order valence-corrected chi connectivity index (χ4v) is 2.93. The van der Waals surface area contributed by atoms with E-state index in [-0.39, 0.29) is 0 Å². The molecule has 0 aliphatic rings. The lowest BCUT2D eigenvalue weighted by atomic mass is 10.2. The summed E-state index contributed by atoms with van der Waals surface area (Å²) in [6.07, 6.45) is 3.78. The predicted molar refractivity (Wildman–Crippen MR) is 100 cm³/mol. The van der Waals surface area contributed by atoms with E-state index in [1.165, 1.54) is 0 Å². The van der Waals surface area contributed by atoms with Crippen molar-refractivity contribution in [2.45, 2.75) is 13.8 Å². The van der Waals surface area contributed by atoms with Gasteiger partial charge in [-0.15, -0.1) is 0 Å². The molecule has 1 aromatic carbocycles. The number of rotatable bonds is 7. The number of nitrogens with one attached hydrogen (secondary N) is 1. The molecule has 3 rings (SSSR count). The van der Waals surface area contributed by atoms with Gasteiger partial charge in [0.1, 0.15) is 5.82 Å². The summed E-state index contributed by atoms with van der Waals surface area (Å²) in [5, 5.41) is 5.14. The Balaban J connectivity index is 1.77. The van der Waals surface area contributed by atoms with Gasteiger partial charge >= 0.3 is 0 Å². The Kier molecular flexibility index (Phi) is 5.33. The summed E-state index contributed by atoms with van der Waals surface area (Å²) in [7, 11) is 0. The first-order valence-electron chi connectivity index (χ1n) is 8.27. The highest BCUT2D eigenvalue weighted by molar-refractivity contribution is 6.31. The lowest BCUT2D eigenvalue weighted by Gasteiger charge is -2.18. The minimum Gasteiger partial charge on any atom is -0.353 e. The molecule has 2 aromatic heterocycles. The fraction of sp³-hybridized carbons (Fsp3) is 0.333. The van der Waals surface area contributed by atoms with Crippen molar-refractivity contribution in [3.05, 3.63) is 47.7 Å². The van der Waals surface area contributed by atoms with Gasteiger partial charge < -0.3 is 14.8 Å². The maximum Gasteiger partial charge on any atom is 0.224 e. The van der Waals surface area contributed by atoms with E-state index < -0.39 is 0 Å². The number of fused-ring (bicyclic) bond motifs is 1. The molecule has 0 atom stereocenters. The number of likely N-dealkylation sites (N-methyl/N-ethyl adjacent to an activating group) is 1. The number of hydrogen-bond donors (Lipinski definition) is 1. The van der Waals surface area contributed by atoms with Gasteiger partial charge in [-0.25, -0.2) is 4.98 Å². The summed E-state index contributed by atoms with van der Waals surface area (Å²) in [6.45, 7) is 8.25. The molecule has 0 saturated carbocycles. The van der Waals surface area contributed by atoms with Gasteiger partial charge in [-0.3, -0.25) is 0 Å². The molecule has 2 heterocycles. The van der Waals surface area contributed by atoms with Crippen LogP contribution in [-0.4, -0.2) is 45.6 Å². The zero-order valence-corrected chi connectivity index (χ0v) is 14.8. The highest BCUT2D eigenvalue weighted by Crippen LogP contribution is 2.23.